The third-order valence-electron chi connectivity index (χ3n) is 4.55. The van der Waals surface area contributed by atoms with Crippen LogP contribution in [0.5, 0.6) is 11.5 Å². The number of esters is 2. The molecule has 3 aromatic carbocycles. The summed E-state index contributed by atoms with van der Waals surface area (Å²) in [5.41, 5.74) is 1.62. The molecule has 34 heavy (non-hydrogen) atoms. The van der Waals surface area contributed by atoms with Gasteiger partial charge in [0, 0.05) is 28.8 Å². The summed E-state index contributed by atoms with van der Waals surface area (Å²) in [6.45, 7) is 8.27. The Hall–Kier alpha value is -4.52. The molecule has 172 valence electrons. The Kier molecular flexibility index (Phi) is 7.71. The molecule has 0 bridgehead atoms. The lowest BCUT2D eigenvalue weighted by molar-refractivity contribution is -0.133. The smallest absolute Gasteiger partial charge is 0.338 e. The molecule has 7 heteroatoms. The summed E-state index contributed by atoms with van der Waals surface area (Å²) < 4.78 is 44.4. The molecule has 3 aromatic rings. The Morgan fingerprint density at radius 3 is 2.03 bits per heavy atom. The Morgan fingerprint density at radius 2 is 1.41 bits per heavy atom. The minimum Gasteiger partial charge on any atom is -0.462 e. The van der Waals surface area contributed by atoms with Gasteiger partial charge in [0.05, 0.1) is 0 Å². The van der Waals surface area contributed by atoms with Crippen LogP contribution in [0.3, 0.4) is 0 Å². The predicted molar refractivity (Wildman–Crippen MR) is 124 cm³/mol. The molecule has 0 aliphatic heterocycles. The number of benzene rings is 3. The van der Waals surface area contributed by atoms with Crippen molar-refractivity contribution in [3.8, 4) is 33.8 Å². The molecule has 0 saturated carbocycles. The lowest BCUT2D eigenvalue weighted by Crippen LogP contribution is -2.02. The predicted octanol–water partition coefficient (Wildman–Crippen LogP) is 6.36. The molecular weight excluding hydrogens is 442 g/mol. The van der Waals surface area contributed by atoms with Crippen molar-refractivity contribution in [3.63, 3.8) is 0 Å². The first-order chi connectivity index (χ1) is 16.3. The highest BCUT2D eigenvalue weighted by Crippen LogP contribution is 2.31. The second-order valence-electron chi connectivity index (χ2n) is 7.06. The van der Waals surface area contributed by atoms with Gasteiger partial charge in [0.2, 0.25) is 0 Å². The first-order valence-electron chi connectivity index (χ1n) is 10.0. The van der Waals surface area contributed by atoms with Gasteiger partial charge in [0.25, 0.3) is 0 Å². The van der Waals surface area contributed by atoms with E-state index in [1.165, 1.54) is 43.3 Å². The van der Waals surface area contributed by atoms with Crippen LogP contribution < -0.4 is 9.47 Å². The quantitative estimate of drug-likeness (QED) is 0.169. The molecule has 0 amide bonds. The van der Waals surface area contributed by atoms with Crippen molar-refractivity contribution < 1.29 is 32.6 Å². The number of hydrogen-bond acceptors (Lipinski definition) is 5. The van der Waals surface area contributed by atoms with Gasteiger partial charge in [-0.05, 0) is 48.4 Å². The molecule has 0 N–H and O–H groups in total. The lowest BCUT2D eigenvalue weighted by Gasteiger charge is -2.09. The molecule has 0 fully saturated rings. The molecule has 5 nitrogen and oxygen atoms in total. The molecule has 0 heterocycles. The van der Waals surface area contributed by atoms with Crippen molar-refractivity contribution in [1.29, 1.82) is 0 Å². The number of halogens is 2. The fourth-order valence-electron chi connectivity index (χ4n) is 2.88. The zero-order valence-corrected chi connectivity index (χ0v) is 18.2. The van der Waals surface area contributed by atoms with E-state index in [1.807, 2.05) is 0 Å². The monoisotopic (exact) mass is 462 g/mol. The number of carbonyl (C=O) groups excluding carboxylic acids is 2. The summed E-state index contributed by atoms with van der Waals surface area (Å²) in [5.74, 6) is -1.90. The van der Waals surface area contributed by atoms with Crippen LogP contribution in [0, 0.1) is 11.6 Å². The zero-order valence-electron chi connectivity index (χ0n) is 18.2. The Bertz CT molecular complexity index is 1280. The third kappa shape index (κ3) is 6.04. The highest BCUT2D eigenvalue weighted by molar-refractivity contribution is 5.87. The van der Waals surface area contributed by atoms with Gasteiger partial charge in [-0.1, -0.05) is 37.4 Å². The molecule has 0 aliphatic rings. The van der Waals surface area contributed by atoms with Crippen LogP contribution in [-0.4, -0.2) is 11.9 Å². The summed E-state index contributed by atoms with van der Waals surface area (Å²) in [5, 5.41) is 0. The largest absolute Gasteiger partial charge is 0.462 e. The van der Waals surface area contributed by atoms with Gasteiger partial charge in [0.1, 0.15) is 35.7 Å². The van der Waals surface area contributed by atoms with E-state index in [1.54, 1.807) is 18.2 Å². The molecule has 0 aromatic heterocycles. The minimum atomic E-state index is -0.620. The van der Waals surface area contributed by atoms with E-state index < -0.39 is 23.6 Å². The summed E-state index contributed by atoms with van der Waals surface area (Å²) in [6.07, 6.45) is 3.16. The van der Waals surface area contributed by atoms with Crippen molar-refractivity contribution >= 4 is 11.9 Å². The van der Waals surface area contributed by atoms with Crippen LogP contribution >= 0.6 is 0 Å². The summed E-state index contributed by atoms with van der Waals surface area (Å²) >= 11 is 0. The highest BCUT2D eigenvalue weighted by Gasteiger charge is 2.12. The molecule has 0 unspecified atom stereocenters. The van der Waals surface area contributed by atoms with Crippen LogP contribution in [0.4, 0.5) is 8.78 Å². The van der Waals surface area contributed by atoms with Crippen molar-refractivity contribution in [3.05, 3.63) is 110 Å². The van der Waals surface area contributed by atoms with E-state index in [0.717, 1.165) is 24.7 Å². The second-order valence-corrected chi connectivity index (χ2v) is 7.06. The first kappa shape index (κ1) is 24.1. The average molecular weight is 462 g/mol. The normalized spacial score (nSPS) is 10.6. The van der Waals surface area contributed by atoms with Crippen molar-refractivity contribution in [2.24, 2.45) is 0 Å². The van der Waals surface area contributed by atoms with E-state index in [4.69, 9.17) is 14.2 Å². The zero-order chi connectivity index (χ0) is 24.7. The topological polar surface area (TPSA) is 61.8 Å². The lowest BCUT2D eigenvalue weighted by atomic mass is 9.99. The van der Waals surface area contributed by atoms with Gasteiger partial charge < -0.3 is 14.2 Å². The Balaban J connectivity index is 1.73. The van der Waals surface area contributed by atoms with Crippen LogP contribution in [0.1, 0.15) is 6.92 Å². The van der Waals surface area contributed by atoms with Crippen molar-refractivity contribution in [2.75, 3.05) is 0 Å². The SMILES string of the molecule is C=CC(=O)Oc1ccc(-c2ccc(-c3ccc(O/C=C\OC(=O)C(=C)C)cc3F)cc2F)cc1. The van der Waals surface area contributed by atoms with E-state index in [9.17, 15) is 18.4 Å². The minimum absolute atomic E-state index is 0.165. The van der Waals surface area contributed by atoms with Gasteiger partial charge in [-0.15, -0.1) is 0 Å². The number of carbonyl (C=O) groups is 2. The van der Waals surface area contributed by atoms with Gasteiger partial charge in [-0.25, -0.2) is 18.4 Å². The van der Waals surface area contributed by atoms with E-state index in [-0.39, 0.29) is 16.9 Å². The maximum Gasteiger partial charge on any atom is 0.338 e. The average Bonchev–Trinajstić information content (AvgIpc) is 2.82. The third-order valence-corrected chi connectivity index (χ3v) is 4.55. The Labute approximate surface area is 195 Å². The fourth-order valence-corrected chi connectivity index (χ4v) is 2.88. The second kappa shape index (κ2) is 10.9. The first-order valence-corrected chi connectivity index (χ1v) is 10.0. The molecule has 0 spiro atoms. The highest BCUT2D eigenvalue weighted by atomic mass is 19.1. The number of rotatable bonds is 8. The molecule has 0 atom stereocenters. The van der Waals surface area contributed by atoms with E-state index in [0.29, 0.717) is 22.4 Å². The maximum atomic E-state index is 14.8. The summed E-state index contributed by atoms with van der Waals surface area (Å²) in [6, 6.07) is 14.8. The fraction of sp³-hybridized carbons (Fsp3) is 0.0370. The van der Waals surface area contributed by atoms with Crippen molar-refractivity contribution in [1.82, 2.24) is 0 Å². The van der Waals surface area contributed by atoms with Gasteiger partial charge in [-0.2, -0.15) is 0 Å². The molecular formula is C27H20F2O5. The number of ether oxygens (including phenoxy) is 3. The maximum absolute atomic E-state index is 14.8. The van der Waals surface area contributed by atoms with Crippen LogP contribution in [0.15, 0.2) is 98.0 Å². The summed E-state index contributed by atoms with van der Waals surface area (Å²) in [7, 11) is 0. The number of hydrogen-bond donors (Lipinski definition) is 0. The summed E-state index contributed by atoms with van der Waals surface area (Å²) in [4.78, 5) is 22.5. The Morgan fingerprint density at radius 1 is 0.824 bits per heavy atom. The molecule has 0 radical (unpaired) electrons. The van der Waals surface area contributed by atoms with Crippen LogP contribution in [0.25, 0.3) is 22.3 Å². The van der Waals surface area contributed by atoms with E-state index >= 15 is 0 Å². The van der Waals surface area contributed by atoms with Gasteiger partial charge >= 0.3 is 11.9 Å². The van der Waals surface area contributed by atoms with E-state index in [2.05, 4.69) is 13.2 Å². The van der Waals surface area contributed by atoms with Gasteiger partial charge in [-0.3, -0.25) is 0 Å². The molecule has 3 rings (SSSR count). The van der Waals surface area contributed by atoms with Gasteiger partial charge in [0.15, 0.2) is 0 Å². The van der Waals surface area contributed by atoms with Crippen LogP contribution in [0.2, 0.25) is 0 Å². The standard InChI is InChI=1S/C27H20F2O5/c1-4-26(30)34-20-8-5-18(6-9-20)22-11-7-19(15-24(22)28)23-12-10-21(16-25(23)29)32-13-14-33-27(31)17(2)3/h4-16H,1-2H2,3H3/b14-13-. The molecule has 0 aliphatic carbocycles. The van der Waals surface area contributed by atoms with Crippen LogP contribution in [-0.2, 0) is 14.3 Å². The van der Waals surface area contributed by atoms with Crippen molar-refractivity contribution in [2.45, 2.75) is 6.92 Å². The molecule has 0 saturated heterocycles.